The molecule has 1 atom stereocenters. The van der Waals surface area contributed by atoms with Crippen LogP contribution in [0.3, 0.4) is 0 Å². The van der Waals surface area contributed by atoms with Gasteiger partial charge in [0.05, 0.1) is 4.92 Å². The van der Waals surface area contributed by atoms with Gasteiger partial charge in [-0.2, -0.15) is 11.8 Å². The third kappa shape index (κ3) is 4.24. The van der Waals surface area contributed by atoms with Crippen molar-refractivity contribution in [2.45, 2.75) is 24.3 Å². The molecule has 0 fully saturated rings. The Bertz CT molecular complexity index is 398. The second-order valence-electron chi connectivity index (χ2n) is 3.78. The van der Waals surface area contributed by atoms with Gasteiger partial charge in [0.15, 0.2) is 0 Å². The van der Waals surface area contributed by atoms with Crippen LogP contribution in [0.15, 0.2) is 18.2 Å². The number of nitrogen functional groups attached to an aromatic ring is 1. The molecule has 0 saturated heterocycles. The first kappa shape index (κ1) is 13.8. The third-order valence-corrected chi connectivity index (χ3v) is 3.67. The van der Waals surface area contributed by atoms with Gasteiger partial charge < -0.3 is 10.8 Å². The normalized spacial score (nSPS) is 12.4. The van der Waals surface area contributed by atoms with Crippen molar-refractivity contribution in [1.82, 2.24) is 0 Å². The van der Waals surface area contributed by atoms with Crippen LogP contribution >= 0.6 is 11.8 Å². The van der Waals surface area contributed by atoms with Gasteiger partial charge >= 0.3 is 0 Å². The number of hydrogen-bond donors (Lipinski definition) is 2. The lowest BCUT2D eigenvalue weighted by atomic mass is 10.2. The lowest BCUT2D eigenvalue weighted by Gasteiger charge is -2.09. The molecule has 1 unspecified atom stereocenters. The zero-order valence-electron chi connectivity index (χ0n) is 9.63. The molecule has 0 spiro atoms. The molecule has 0 aliphatic rings. The van der Waals surface area contributed by atoms with Gasteiger partial charge in [-0.3, -0.25) is 10.1 Å². The maximum atomic E-state index is 10.7. The van der Waals surface area contributed by atoms with Crippen molar-refractivity contribution < 1.29 is 10.0 Å². The van der Waals surface area contributed by atoms with E-state index in [0.717, 1.165) is 12.0 Å². The fourth-order valence-corrected chi connectivity index (χ4v) is 2.27. The highest BCUT2D eigenvalue weighted by Gasteiger charge is 2.12. The smallest absolute Gasteiger partial charge is 0.292 e. The van der Waals surface area contributed by atoms with Crippen molar-refractivity contribution in [2.24, 2.45) is 0 Å². The SMILES string of the molecule is CC(CCO)SCc1ccc(N)c([N+](=O)[O-])c1. The summed E-state index contributed by atoms with van der Waals surface area (Å²) < 4.78 is 0. The van der Waals surface area contributed by atoms with Crippen molar-refractivity contribution in [3.05, 3.63) is 33.9 Å². The average Bonchev–Trinajstić information content (AvgIpc) is 2.28. The summed E-state index contributed by atoms with van der Waals surface area (Å²) in [6.45, 7) is 2.18. The minimum Gasteiger partial charge on any atom is -0.396 e. The van der Waals surface area contributed by atoms with E-state index in [1.807, 2.05) is 6.92 Å². The number of hydrogen-bond acceptors (Lipinski definition) is 5. The predicted octanol–water partition coefficient (Wildman–Crippen LogP) is 2.18. The fourth-order valence-electron chi connectivity index (χ4n) is 1.34. The summed E-state index contributed by atoms with van der Waals surface area (Å²) in [6.07, 6.45) is 0.724. The monoisotopic (exact) mass is 256 g/mol. The Morgan fingerprint density at radius 1 is 1.59 bits per heavy atom. The molecule has 0 heterocycles. The molecular weight excluding hydrogens is 240 g/mol. The summed E-state index contributed by atoms with van der Waals surface area (Å²) >= 11 is 1.66. The van der Waals surface area contributed by atoms with Gasteiger partial charge in [0, 0.05) is 23.7 Å². The maximum Gasteiger partial charge on any atom is 0.292 e. The lowest BCUT2D eigenvalue weighted by molar-refractivity contribution is -0.383. The quantitative estimate of drug-likeness (QED) is 0.462. The van der Waals surface area contributed by atoms with Crippen LogP contribution in [0.5, 0.6) is 0 Å². The molecule has 0 bridgehead atoms. The highest BCUT2D eigenvalue weighted by atomic mass is 32.2. The molecule has 1 aromatic carbocycles. The van der Waals surface area contributed by atoms with Crippen LogP contribution in [0.2, 0.25) is 0 Å². The fraction of sp³-hybridized carbons (Fsp3) is 0.455. The molecule has 0 saturated carbocycles. The molecule has 0 aliphatic carbocycles. The van der Waals surface area contributed by atoms with Crippen molar-refractivity contribution in [3.63, 3.8) is 0 Å². The van der Waals surface area contributed by atoms with Gasteiger partial charge in [0.1, 0.15) is 5.69 Å². The van der Waals surface area contributed by atoms with E-state index in [1.165, 1.54) is 6.07 Å². The summed E-state index contributed by atoms with van der Waals surface area (Å²) in [5, 5.41) is 19.8. The maximum absolute atomic E-state index is 10.7. The zero-order valence-corrected chi connectivity index (χ0v) is 10.4. The molecule has 94 valence electrons. The standard InChI is InChI=1S/C11H16N2O3S/c1-8(4-5-14)17-7-9-2-3-10(12)11(6-9)13(15)16/h2-3,6,8,14H,4-5,7,12H2,1H3. The van der Waals surface area contributed by atoms with Crippen LogP contribution in [0, 0.1) is 10.1 Å². The average molecular weight is 256 g/mol. The number of aliphatic hydroxyl groups excluding tert-OH is 1. The number of benzene rings is 1. The number of nitro groups is 1. The number of anilines is 1. The first-order valence-electron chi connectivity index (χ1n) is 5.30. The van der Waals surface area contributed by atoms with Crippen molar-refractivity contribution in [2.75, 3.05) is 12.3 Å². The van der Waals surface area contributed by atoms with Gasteiger partial charge in [-0.25, -0.2) is 0 Å². The summed E-state index contributed by atoms with van der Waals surface area (Å²) in [4.78, 5) is 10.2. The molecule has 6 heteroatoms. The van der Waals surface area contributed by atoms with E-state index in [9.17, 15) is 10.1 Å². The van der Waals surface area contributed by atoms with E-state index < -0.39 is 4.92 Å². The molecule has 17 heavy (non-hydrogen) atoms. The predicted molar refractivity (Wildman–Crippen MR) is 70.0 cm³/mol. The van der Waals surface area contributed by atoms with Gasteiger partial charge in [-0.15, -0.1) is 0 Å². The Labute approximate surface area is 104 Å². The van der Waals surface area contributed by atoms with Crippen LogP contribution < -0.4 is 5.73 Å². The number of nitrogens with two attached hydrogens (primary N) is 1. The highest BCUT2D eigenvalue weighted by Crippen LogP contribution is 2.26. The van der Waals surface area contributed by atoms with Crippen LogP contribution in [0.25, 0.3) is 0 Å². The molecule has 5 nitrogen and oxygen atoms in total. The lowest BCUT2D eigenvalue weighted by Crippen LogP contribution is -2.01. The van der Waals surface area contributed by atoms with E-state index in [-0.39, 0.29) is 18.0 Å². The molecule has 0 amide bonds. The topological polar surface area (TPSA) is 89.4 Å². The van der Waals surface area contributed by atoms with E-state index in [2.05, 4.69) is 0 Å². The number of nitrogens with zero attached hydrogens (tertiary/aromatic N) is 1. The molecule has 3 N–H and O–H groups in total. The van der Waals surface area contributed by atoms with E-state index in [1.54, 1.807) is 23.9 Å². The third-order valence-electron chi connectivity index (χ3n) is 2.36. The molecule has 1 rings (SSSR count). The van der Waals surface area contributed by atoms with E-state index in [4.69, 9.17) is 10.8 Å². The molecule has 0 aromatic heterocycles. The van der Waals surface area contributed by atoms with E-state index in [0.29, 0.717) is 11.0 Å². The molecule has 0 radical (unpaired) electrons. The second-order valence-corrected chi connectivity index (χ2v) is 5.21. The minimum atomic E-state index is -0.472. The summed E-state index contributed by atoms with van der Waals surface area (Å²) in [7, 11) is 0. The highest BCUT2D eigenvalue weighted by molar-refractivity contribution is 7.99. The van der Waals surface area contributed by atoms with Gasteiger partial charge in [0.25, 0.3) is 5.69 Å². The Kier molecular flexibility index (Phi) is 5.24. The van der Waals surface area contributed by atoms with Gasteiger partial charge in [-0.1, -0.05) is 13.0 Å². The second kappa shape index (κ2) is 6.46. The molecule has 1 aromatic rings. The van der Waals surface area contributed by atoms with Crippen molar-refractivity contribution in [1.29, 1.82) is 0 Å². The van der Waals surface area contributed by atoms with Crippen LogP contribution in [-0.4, -0.2) is 21.9 Å². The minimum absolute atomic E-state index is 0.0436. The Balaban J connectivity index is 2.66. The van der Waals surface area contributed by atoms with Gasteiger partial charge in [0.2, 0.25) is 0 Å². The summed E-state index contributed by atoms with van der Waals surface area (Å²) in [6, 6.07) is 4.86. The molecular formula is C11H16N2O3S. The summed E-state index contributed by atoms with van der Waals surface area (Å²) in [5.74, 6) is 0.683. The Hall–Kier alpha value is -1.27. The number of rotatable bonds is 6. The van der Waals surface area contributed by atoms with E-state index >= 15 is 0 Å². The van der Waals surface area contributed by atoms with Crippen LogP contribution in [0.1, 0.15) is 18.9 Å². The van der Waals surface area contributed by atoms with Crippen LogP contribution in [-0.2, 0) is 5.75 Å². The van der Waals surface area contributed by atoms with Crippen molar-refractivity contribution >= 4 is 23.1 Å². The van der Waals surface area contributed by atoms with Crippen molar-refractivity contribution in [3.8, 4) is 0 Å². The Morgan fingerprint density at radius 3 is 2.88 bits per heavy atom. The van der Waals surface area contributed by atoms with Gasteiger partial charge in [-0.05, 0) is 18.1 Å². The van der Waals surface area contributed by atoms with Crippen LogP contribution in [0.4, 0.5) is 11.4 Å². The molecule has 0 aliphatic heterocycles. The first-order valence-corrected chi connectivity index (χ1v) is 6.34. The largest absolute Gasteiger partial charge is 0.396 e. The number of nitro benzene ring substituents is 1. The first-order chi connectivity index (χ1) is 8.04. The number of aliphatic hydroxyl groups is 1. The Morgan fingerprint density at radius 2 is 2.29 bits per heavy atom. The zero-order chi connectivity index (χ0) is 12.8. The number of thioether (sulfide) groups is 1. The summed E-state index contributed by atoms with van der Waals surface area (Å²) in [5.41, 5.74) is 6.53.